The van der Waals surface area contributed by atoms with Crippen LogP contribution in [-0.4, -0.2) is 30.0 Å². The van der Waals surface area contributed by atoms with E-state index in [0.717, 1.165) is 16.9 Å². The maximum Gasteiger partial charge on any atom is 0.213 e. The van der Waals surface area contributed by atoms with Gasteiger partial charge in [-0.15, -0.1) is 0 Å². The van der Waals surface area contributed by atoms with E-state index in [-0.39, 0.29) is 18.3 Å². The third-order valence-electron chi connectivity index (χ3n) is 3.93. The number of rotatable bonds is 3. The van der Waals surface area contributed by atoms with Gasteiger partial charge < -0.3 is 14.9 Å². The number of hydrogen-bond acceptors (Lipinski definition) is 5. The Morgan fingerprint density at radius 2 is 2.04 bits per heavy atom. The predicted molar refractivity (Wildman–Crippen MR) is 90.3 cm³/mol. The molecule has 1 aliphatic heterocycles. The Morgan fingerprint density at radius 1 is 1.32 bits per heavy atom. The van der Waals surface area contributed by atoms with Crippen LogP contribution >= 0.6 is 0 Å². The fourth-order valence-corrected chi connectivity index (χ4v) is 2.82. The summed E-state index contributed by atoms with van der Waals surface area (Å²) in [5, 5.41) is 21.9. The largest absolute Gasteiger partial charge is 0.457 e. The molecule has 6 nitrogen and oxygen atoms in total. The second-order valence-electron chi connectivity index (χ2n) is 5.67. The summed E-state index contributed by atoms with van der Waals surface area (Å²) < 4.78 is 19.4. The predicted octanol–water partition coefficient (Wildman–Crippen LogP) is 3.17. The number of para-hydroxylation sites is 1. The summed E-state index contributed by atoms with van der Waals surface area (Å²) in [5.41, 5.74) is 7.66. The van der Waals surface area contributed by atoms with Gasteiger partial charge in [0.1, 0.15) is 35.0 Å². The highest BCUT2D eigenvalue weighted by Gasteiger charge is 2.25. The molecule has 1 aliphatic rings. The standard InChI is InChI=1S/C17H17FO3.CH4N3/c18-13-5-6-16-12(8-13)7-11(9-14(20)10-19)15-3-1-2-4-17(15)21-16;1-3-4-2/h1-6,8,11,14,19-20H,7,9-10H2;2H,1H3/q;+1/t11-,14?;/m1./s1. The Balaban J connectivity index is 0.000000511. The van der Waals surface area contributed by atoms with Crippen molar-refractivity contribution in [2.75, 3.05) is 13.7 Å². The molecule has 2 atom stereocenters. The van der Waals surface area contributed by atoms with Gasteiger partial charge in [-0.3, -0.25) is 0 Å². The van der Waals surface area contributed by atoms with Crippen LogP contribution in [0, 0.1) is 11.3 Å². The average Bonchev–Trinajstić information content (AvgIpc) is 2.78. The molecule has 0 aromatic heterocycles. The van der Waals surface area contributed by atoms with Gasteiger partial charge in [-0.1, -0.05) is 18.2 Å². The van der Waals surface area contributed by atoms with E-state index in [0.29, 0.717) is 18.6 Å². The third-order valence-corrected chi connectivity index (χ3v) is 3.93. The molecule has 0 spiro atoms. The molecule has 1 unspecified atom stereocenters. The molecule has 0 saturated carbocycles. The van der Waals surface area contributed by atoms with Gasteiger partial charge in [0.2, 0.25) is 4.91 Å². The average molecular weight is 346 g/mol. The molecule has 3 N–H and O–H groups in total. The Kier molecular flexibility index (Phi) is 6.77. The second kappa shape index (κ2) is 9.03. The number of benzene rings is 2. The van der Waals surface area contributed by atoms with Crippen LogP contribution in [0.15, 0.2) is 47.6 Å². The van der Waals surface area contributed by atoms with Crippen LogP contribution in [-0.2, 0) is 6.42 Å². The van der Waals surface area contributed by atoms with Crippen molar-refractivity contribution in [3.05, 3.63) is 59.4 Å². The molecule has 0 radical (unpaired) electrons. The van der Waals surface area contributed by atoms with E-state index in [4.69, 9.17) is 15.4 Å². The minimum absolute atomic E-state index is 0.0219. The highest BCUT2D eigenvalue weighted by Crippen LogP contribution is 2.41. The molecule has 0 amide bonds. The smallest absolute Gasteiger partial charge is 0.213 e. The first kappa shape index (κ1) is 18.7. The Morgan fingerprint density at radius 3 is 2.72 bits per heavy atom. The van der Waals surface area contributed by atoms with Crippen LogP contribution in [0.3, 0.4) is 0 Å². The third kappa shape index (κ3) is 4.93. The van der Waals surface area contributed by atoms with Gasteiger partial charge in [0.25, 0.3) is 0 Å². The highest BCUT2D eigenvalue weighted by molar-refractivity contribution is 5.47. The fourth-order valence-electron chi connectivity index (χ4n) is 2.82. The highest BCUT2D eigenvalue weighted by atomic mass is 19.1. The quantitative estimate of drug-likeness (QED) is 0.588. The minimum atomic E-state index is -0.793. The van der Waals surface area contributed by atoms with Gasteiger partial charge in [-0.2, -0.15) is 0 Å². The van der Waals surface area contributed by atoms with Crippen molar-refractivity contribution in [3.63, 3.8) is 0 Å². The molecule has 0 bridgehead atoms. The summed E-state index contributed by atoms with van der Waals surface area (Å²) in [5.74, 6) is 1.04. The van der Waals surface area contributed by atoms with E-state index in [9.17, 15) is 9.50 Å². The summed E-state index contributed by atoms with van der Waals surface area (Å²) >= 11 is 0. The van der Waals surface area contributed by atoms with Crippen LogP contribution < -0.4 is 9.65 Å². The first-order valence-corrected chi connectivity index (χ1v) is 7.88. The fraction of sp³-hybridized carbons (Fsp3) is 0.333. The molecule has 132 valence electrons. The molecule has 1 heterocycles. The van der Waals surface area contributed by atoms with Crippen molar-refractivity contribution < 1.29 is 19.3 Å². The zero-order chi connectivity index (χ0) is 18.2. The maximum absolute atomic E-state index is 13.5. The van der Waals surface area contributed by atoms with Gasteiger partial charge in [-0.25, -0.2) is 4.39 Å². The van der Waals surface area contributed by atoms with Crippen molar-refractivity contribution in [3.8, 4) is 11.5 Å². The number of halogens is 1. The van der Waals surface area contributed by atoms with Crippen LogP contribution in [0.2, 0.25) is 0 Å². The normalized spacial score (nSPS) is 15.9. The first-order chi connectivity index (χ1) is 12.1. The summed E-state index contributed by atoms with van der Waals surface area (Å²) in [6, 6.07) is 12.1. The van der Waals surface area contributed by atoms with E-state index in [1.807, 2.05) is 24.3 Å². The van der Waals surface area contributed by atoms with Crippen LogP contribution in [0.5, 0.6) is 11.5 Å². The molecule has 7 heteroatoms. The topological polar surface area (TPSA) is 100 Å². The molecule has 0 fully saturated rings. The lowest BCUT2D eigenvalue weighted by Crippen LogP contribution is -2.17. The van der Waals surface area contributed by atoms with Gasteiger partial charge in [-0.05, 0) is 54.2 Å². The lowest BCUT2D eigenvalue weighted by molar-refractivity contribution is 0.0821. The van der Waals surface area contributed by atoms with Crippen molar-refractivity contribution >= 4 is 0 Å². The number of nitrogens with zero attached hydrogens (tertiary/aromatic N) is 2. The van der Waals surface area contributed by atoms with Crippen molar-refractivity contribution in [2.45, 2.75) is 24.9 Å². The number of fused-ring (bicyclic) bond motifs is 2. The molecule has 25 heavy (non-hydrogen) atoms. The van der Waals surface area contributed by atoms with Crippen molar-refractivity contribution in [1.82, 2.24) is 4.91 Å². The summed E-state index contributed by atoms with van der Waals surface area (Å²) in [7, 11) is 1.45. The van der Waals surface area contributed by atoms with E-state index in [1.54, 1.807) is 6.07 Å². The molecule has 3 rings (SSSR count). The number of nitrogens with one attached hydrogen (secondary N) is 1. The van der Waals surface area contributed by atoms with E-state index < -0.39 is 6.10 Å². The SMILES string of the molecule is CN=[N+]=N.OCC(O)C[C@H]1Cc2cc(F)ccc2Oc2ccccc21. The molecular formula is C18H21FN3O3+. The van der Waals surface area contributed by atoms with Crippen LogP contribution in [0.1, 0.15) is 23.5 Å². The zero-order valence-electron chi connectivity index (χ0n) is 13.9. The molecular weight excluding hydrogens is 325 g/mol. The van der Waals surface area contributed by atoms with E-state index in [1.165, 1.54) is 19.2 Å². The van der Waals surface area contributed by atoms with Gasteiger partial charge >= 0.3 is 0 Å². The number of aliphatic hydroxyl groups is 2. The Bertz CT molecular complexity index is 763. The summed E-state index contributed by atoms with van der Waals surface area (Å²) in [6.45, 7) is -0.282. The second-order valence-corrected chi connectivity index (χ2v) is 5.67. The lowest BCUT2D eigenvalue weighted by Gasteiger charge is -2.19. The van der Waals surface area contributed by atoms with Gasteiger partial charge in [0.05, 0.1) is 12.7 Å². The maximum atomic E-state index is 13.5. The monoisotopic (exact) mass is 346 g/mol. The minimum Gasteiger partial charge on any atom is -0.457 e. The van der Waals surface area contributed by atoms with E-state index in [2.05, 4.69) is 10.0 Å². The summed E-state index contributed by atoms with van der Waals surface area (Å²) in [6.07, 6.45) is 0.187. The number of aliphatic hydroxyl groups excluding tert-OH is 2. The van der Waals surface area contributed by atoms with Gasteiger partial charge in [0.15, 0.2) is 0 Å². The van der Waals surface area contributed by atoms with Crippen LogP contribution in [0.25, 0.3) is 0 Å². The molecule has 2 aromatic carbocycles. The van der Waals surface area contributed by atoms with E-state index >= 15 is 0 Å². The number of hydrogen-bond donors (Lipinski definition) is 3. The molecule has 2 aromatic rings. The van der Waals surface area contributed by atoms with Crippen molar-refractivity contribution in [1.29, 1.82) is 5.53 Å². The zero-order valence-corrected chi connectivity index (χ0v) is 13.9. The van der Waals surface area contributed by atoms with Gasteiger partial charge in [0, 0.05) is 0 Å². The lowest BCUT2D eigenvalue weighted by atomic mass is 9.87. The Hall–Kier alpha value is -2.60. The first-order valence-electron chi connectivity index (χ1n) is 7.88. The molecule has 0 aliphatic carbocycles. The van der Waals surface area contributed by atoms with Crippen molar-refractivity contribution in [2.24, 2.45) is 5.11 Å². The summed E-state index contributed by atoms with van der Waals surface area (Å²) in [4.78, 5) is 2.61. The van der Waals surface area contributed by atoms with Crippen LogP contribution in [0.4, 0.5) is 4.39 Å². The number of ether oxygens (including phenoxy) is 1. The molecule has 0 saturated heterocycles. The Labute approximate surface area is 145 Å².